The molecular formula is C22H29N5SSi. The number of imidazole rings is 1. The third kappa shape index (κ3) is 4.10. The van der Waals surface area contributed by atoms with Crippen LogP contribution in [0.4, 0.5) is 0 Å². The lowest BCUT2D eigenvalue weighted by Gasteiger charge is -2.38. The zero-order valence-electron chi connectivity index (χ0n) is 18.3. The number of aromatic nitrogens is 5. The first-order valence-electron chi connectivity index (χ1n) is 10.0. The summed E-state index contributed by atoms with van der Waals surface area (Å²) in [5.74, 6) is 4.34. The Labute approximate surface area is 178 Å². The van der Waals surface area contributed by atoms with Crippen molar-refractivity contribution in [2.45, 2.75) is 63.3 Å². The number of nitrogens with zero attached hydrogens (tertiary/aromatic N) is 5. The van der Waals surface area contributed by atoms with Crippen LogP contribution < -0.4 is 0 Å². The molecule has 3 heterocycles. The van der Waals surface area contributed by atoms with Gasteiger partial charge in [-0.2, -0.15) is 0 Å². The molecule has 0 aliphatic rings. The summed E-state index contributed by atoms with van der Waals surface area (Å²) in [6.07, 6.45) is 9.20. The van der Waals surface area contributed by atoms with Crippen LogP contribution in [0, 0.1) is 11.5 Å². The predicted octanol–water partition coefficient (Wildman–Crippen LogP) is 5.50. The maximum Gasteiger partial charge on any atom is 0.189 e. The number of pyridine rings is 1. The SMILES string of the molecule is CSc1ncc2c(C#C[Si](C(C)C)(C(C)C)C(C)C)cc(-n3ccnc3)nc2n1. The Morgan fingerprint density at radius 3 is 2.28 bits per heavy atom. The second-order valence-corrected chi connectivity index (χ2v) is 14.6. The Balaban J connectivity index is 2.25. The van der Waals surface area contributed by atoms with E-state index in [9.17, 15) is 0 Å². The Hall–Kier alpha value is -2.17. The van der Waals surface area contributed by atoms with E-state index in [1.54, 1.807) is 12.5 Å². The number of hydrogen-bond acceptors (Lipinski definition) is 5. The van der Waals surface area contributed by atoms with Crippen molar-refractivity contribution in [2.24, 2.45) is 0 Å². The zero-order valence-corrected chi connectivity index (χ0v) is 20.1. The number of thioether (sulfide) groups is 1. The van der Waals surface area contributed by atoms with Crippen LogP contribution in [0.5, 0.6) is 0 Å². The molecule has 0 unspecified atom stereocenters. The highest BCUT2D eigenvalue weighted by molar-refractivity contribution is 7.98. The highest BCUT2D eigenvalue weighted by Crippen LogP contribution is 2.40. The van der Waals surface area contributed by atoms with Crippen LogP contribution in [0.2, 0.25) is 16.6 Å². The number of hydrogen-bond donors (Lipinski definition) is 0. The van der Waals surface area contributed by atoms with E-state index in [4.69, 9.17) is 4.98 Å². The van der Waals surface area contributed by atoms with Crippen molar-refractivity contribution in [1.82, 2.24) is 24.5 Å². The molecule has 0 aliphatic heterocycles. The lowest BCUT2D eigenvalue weighted by Crippen LogP contribution is -2.43. The monoisotopic (exact) mass is 423 g/mol. The van der Waals surface area contributed by atoms with Crippen molar-refractivity contribution >= 4 is 30.9 Å². The molecule has 0 amide bonds. The minimum atomic E-state index is -1.84. The molecule has 29 heavy (non-hydrogen) atoms. The van der Waals surface area contributed by atoms with Gasteiger partial charge in [0.05, 0.1) is 5.39 Å². The van der Waals surface area contributed by atoms with E-state index in [0.29, 0.717) is 27.4 Å². The molecule has 0 fully saturated rings. The Kier molecular flexibility index (Phi) is 6.44. The van der Waals surface area contributed by atoms with Gasteiger partial charge in [0.2, 0.25) is 0 Å². The fourth-order valence-electron chi connectivity index (χ4n) is 4.32. The molecule has 5 nitrogen and oxygen atoms in total. The van der Waals surface area contributed by atoms with Crippen LogP contribution in [0.15, 0.2) is 36.1 Å². The lowest BCUT2D eigenvalue weighted by molar-refractivity contribution is 0.838. The first-order valence-corrected chi connectivity index (χ1v) is 13.5. The minimum absolute atomic E-state index is 0.579. The van der Waals surface area contributed by atoms with Gasteiger partial charge in [-0.1, -0.05) is 59.2 Å². The first-order chi connectivity index (χ1) is 13.8. The Bertz CT molecular complexity index is 1030. The quantitative estimate of drug-likeness (QED) is 0.235. The van der Waals surface area contributed by atoms with Gasteiger partial charge < -0.3 is 0 Å². The standard InChI is InChI=1S/C22H29N5SSi/c1-15(2)29(16(3)4,17(5)6)11-8-18-12-20(27-10-9-23-14-27)25-21-19(18)13-24-22(26-21)28-7/h9-10,12-17H,1-7H3. The number of fused-ring (bicyclic) bond motifs is 1. The van der Waals surface area contributed by atoms with Gasteiger partial charge in [0.15, 0.2) is 10.8 Å². The molecule has 0 bridgehead atoms. The van der Waals surface area contributed by atoms with Gasteiger partial charge in [0.25, 0.3) is 0 Å². The average molecular weight is 424 g/mol. The normalized spacial score (nSPS) is 12.1. The summed E-state index contributed by atoms with van der Waals surface area (Å²) in [4.78, 5) is 18.0. The van der Waals surface area contributed by atoms with E-state index in [0.717, 1.165) is 16.8 Å². The van der Waals surface area contributed by atoms with Gasteiger partial charge in [-0.15, -0.1) is 5.54 Å². The van der Waals surface area contributed by atoms with E-state index >= 15 is 0 Å². The molecule has 3 rings (SSSR count). The van der Waals surface area contributed by atoms with Crippen LogP contribution in [0.1, 0.15) is 47.1 Å². The van der Waals surface area contributed by atoms with Gasteiger partial charge in [0, 0.05) is 24.2 Å². The molecule has 7 heteroatoms. The molecule has 152 valence electrons. The molecule has 0 atom stereocenters. The van der Waals surface area contributed by atoms with Gasteiger partial charge in [-0.3, -0.25) is 4.57 Å². The molecule has 0 saturated heterocycles. The van der Waals surface area contributed by atoms with E-state index in [2.05, 4.69) is 68.0 Å². The largest absolute Gasteiger partial charge is 0.290 e. The van der Waals surface area contributed by atoms with Crippen LogP contribution >= 0.6 is 11.8 Å². The molecule has 0 aliphatic carbocycles. The van der Waals surface area contributed by atoms with Gasteiger partial charge in [0.1, 0.15) is 20.2 Å². The fourth-order valence-corrected chi connectivity index (χ4v) is 9.87. The molecule has 0 radical (unpaired) electrons. The van der Waals surface area contributed by atoms with Crippen molar-refractivity contribution in [3.05, 3.63) is 36.5 Å². The van der Waals surface area contributed by atoms with Crippen LogP contribution in [-0.4, -0.2) is 38.8 Å². The fraction of sp³-hybridized carbons (Fsp3) is 0.455. The Morgan fingerprint density at radius 1 is 1.03 bits per heavy atom. The summed E-state index contributed by atoms with van der Waals surface area (Å²) in [6.45, 7) is 14.0. The lowest BCUT2D eigenvalue weighted by atomic mass is 10.2. The molecule has 0 N–H and O–H groups in total. The summed E-state index contributed by atoms with van der Waals surface area (Å²) in [5.41, 5.74) is 7.16. The van der Waals surface area contributed by atoms with E-state index in [1.165, 1.54) is 11.8 Å². The van der Waals surface area contributed by atoms with Gasteiger partial charge in [-0.25, -0.2) is 19.9 Å². The zero-order chi connectivity index (χ0) is 21.2. The molecule has 0 saturated carbocycles. The van der Waals surface area contributed by atoms with Crippen LogP contribution in [0.3, 0.4) is 0 Å². The van der Waals surface area contributed by atoms with Gasteiger partial charge >= 0.3 is 0 Å². The maximum atomic E-state index is 4.74. The molecule has 0 spiro atoms. The number of rotatable bonds is 5. The molecular weight excluding hydrogens is 394 g/mol. The van der Waals surface area contributed by atoms with Crippen molar-refractivity contribution in [1.29, 1.82) is 0 Å². The predicted molar refractivity (Wildman–Crippen MR) is 124 cm³/mol. The summed E-state index contributed by atoms with van der Waals surface area (Å²) in [7, 11) is -1.84. The summed E-state index contributed by atoms with van der Waals surface area (Å²) in [5, 5.41) is 1.61. The second kappa shape index (κ2) is 8.68. The second-order valence-electron chi connectivity index (χ2n) is 8.24. The maximum absolute atomic E-state index is 4.74. The smallest absolute Gasteiger partial charge is 0.189 e. The van der Waals surface area contributed by atoms with E-state index in [-0.39, 0.29) is 0 Å². The first kappa shape index (κ1) is 21.5. The van der Waals surface area contributed by atoms with Gasteiger partial charge in [-0.05, 0) is 28.9 Å². The van der Waals surface area contributed by atoms with Crippen molar-refractivity contribution in [3.63, 3.8) is 0 Å². The van der Waals surface area contributed by atoms with Crippen molar-refractivity contribution < 1.29 is 0 Å². The summed E-state index contributed by atoms with van der Waals surface area (Å²) >= 11 is 1.51. The van der Waals surface area contributed by atoms with E-state index < -0.39 is 8.07 Å². The van der Waals surface area contributed by atoms with Crippen molar-refractivity contribution in [3.8, 4) is 17.3 Å². The highest BCUT2D eigenvalue weighted by atomic mass is 32.2. The minimum Gasteiger partial charge on any atom is -0.290 e. The van der Waals surface area contributed by atoms with Crippen molar-refractivity contribution in [2.75, 3.05) is 6.26 Å². The van der Waals surface area contributed by atoms with E-state index in [1.807, 2.05) is 29.3 Å². The molecule has 0 aromatic carbocycles. The van der Waals surface area contributed by atoms with Crippen LogP contribution in [0.25, 0.3) is 16.9 Å². The average Bonchev–Trinajstić information content (AvgIpc) is 3.21. The Morgan fingerprint density at radius 2 is 1.72 bits per heavy atom. The topological polar surface area (TPSA) is 56.5 Å². The van der Waals surface area contributed by atoms with Crippen LogP contribution in [-0.2, 0) is 0 Å². The molecule has 3 aromatic heterocycles. The summed E-state index contributed by atoms with van der Waals surface area (Å²) in [6, 6.07) is 2.03. The highest BCUT2D eigenvalue weighted by Gasteiger charge is 2.41. The third-order valence-corrected chi connectivity index (χ3v) is 12.6. The molecule has 3 aromatic rings. The third-order valence-electron chi connectivity index (χ3n) is 5.76. The summed E-state index contributed by atoms with van der Waals surface area (Å²) < 4.78 is 1.89.